The second kappa shape index (κ2) is 60.4. The topological polar surface area (TPSA) is 175 Å². The molecule has 1 heterocycles. The summed E-state index contributed by atoms with van der Waals surface area (Å²) in [5, 5.41) is 57.1. The highest BCUT2D eigenvalue weighted by molar-refractivity contribution is 5.80. The monoisotopic (exact) mass is 1180 g/mol. The van der Waals surface area contributed by atoms with E-state index in [0.717, 1.165) is 83.5 Å². The number of ether oxygens (including phenoxy) is 3. The lowest BCUT2D eigenvalue weighted by Gasteiger charge is -2.41. The van der Waals surface area contributed by atoms with Crippen LogP contribution in [0.15, 0.2) is 72.9 Å². The van der Waals surface area contributed by atoms with E-state index in [0.29, 0.717) is 12.8 Å². The number of aliphatic hydroxyl groups is 5. The average molecular weight is 1180 g/mol. The van der Waals surface area contributed by atoms with Crippen molar-refractivity contribution in [2.24, 2.45) is 0 Å². The molecule has 84 heavy (non-hydrogen) atoms. The molecule has 1 saturated heterocycles. The van der Waals surface area contributed by atoms with Gasteiger partial charge in [-0.2, -0.15) is 0 Å². The summed E-state index contributed by atoms with van der Waals surface area (Å²) in [6.07, 6.45) is 68.1. The highest BCUT2D eigenvalue weighted by Crippen LogP contribution is 2.26. The molecule has 488 valence electrons. The second-order valence-corrected chi connectivity index (χ2v) is 24.2. The summed E-state index contributed by atoms with van der Waals surface area (Å²) in [5.41, 5.74) is 0. The van der Waals surface area contributed by atoms with Gasteiger partial charge >= 0.3 is 5.97 Å². The summed E-state index contributed by atoms with van der Waals surface area (Å²) in [5.74, 6) is -1.22. The van der Waals surface area contributed by atoms with Crippen LogP contribution in [0, 0.1) is 0 Å². The van der Waals surface area contributed by atoms with Crippen molar-refractivity contribution in [2.75, 3.05) is 13.2 Å². The number of amides is 1. The number of nitrogens with one attached hydrogen (secondary N) is 1. The van der Waals surface area contributed by atoms with Crippen molar-refractivity contribution in [3.05, 3.63) is 72.9 Å². The number of hydrogen-bond donors (Lipinski definition) is 6. The van der Waals surface area contributed by atoms with Crippen molar-refractivity contribution in [2.45, 2.75) is 365 Å². The lowest BCUT2D eigenvalue weighted by molar-refractivity contribution is -0.305. The van der Waals surface area contributed by atoms with Gasteiger partial charge in [0.25, 0.3) is 0 Å². The van der Waals surface area contributed by atoms with Crippen LogP contribution in [-0.4, -0.2) is 99.6 Å². The molecule has 11 nitrogen and oxygen atoms in total. The first kappa shape index (κ1) is 79.1. The van der Waals surface area contributed by atoms with E-state index in [9.17, 15) is 35.1 Å². The van der Waals surface area contributed by atoms with Crippen LogP contribution in [0.4, 0.5) is 0 Å². The van der Waals surface area contributed by atoms with Crippen LogP contribution in [0.5, 0.6) is 0 Å². The lowest BCUT2D eigenvalue weighted by Crippen LogP contribution is -2.61. The van der Waals surface area contributed by atoms with Crippen molar-refractivity contribution in [1.29, 1.82) is 0 Å². The molecule has 0 aromatic carbocycles. The van der Waals surface area contributed by atoms with Gasteiger partial charge in [0.1, 0.15) is 24.4 Å². The molecule has 8 unspecified atom stereocenters. The number of rotatable bonds is 60. The fourth-order valence-corrected chi connectivity index (χ4v) is 10.9. The number of unbranched alkanes of at least 4 members (excludes halogenated alkanes) is 36. The van der Waals surface area contributed by atoms with E-state index in [2.05, 4.69) is 86.8 Å². The molecule has 0 aromatic heterocycles. The molecule has 1 rings (SSSR count). The summed E-state index contributed by atoms with van der Waals surface area (Å²) in [6, 6.07) is -1.04. The van der Waals surface area contributed by atoms with Crippen molar-refractivity contribution < 1.29 is 49.3 Å². The van der Waals surface area contributed by atoms with Gasteiger partial charge in [-0.3, -0.25) is 9.59 Å². The molecule has 1 aliphatic heterocycles. The van der Waals surface area contributed by atoms with Gasteiger partial charge < -0.3 is 45.1 Å². The van der Waals surface area contributed by atoms with Crippen molar-refractivity contribution in [1.82, 2.24) is 5.32 Å². The van der Waals surface area contributed by atoms with Crippen LogP contribution in [0.3, 0.4) is 0 Å². The molecule has 11 heteroatoms. The number of allylic oxidation sites excluding steroid dienone is 11. The molecule has 0 bridgehead atoms. The standard InChI is InChI=1S/C73H131NO10/c1-4-7-10-13-16-19-22-25-27-29-31-32-33-34-35-36-37-39-41-43-46-49-52-55-58-61-68(78)84-71-70(80)69(79)67(62-75)83-73(71)82-63-64(65(76)59-56-53-50-47-44-24-21-18-15-12-9-6-3)74-72(81)66(77)60-57-54-51-48-45-42-40-38-30-28-26-23-20-17-14-11-8-5-2/h8,11,17,20,26,28,38,40,45,48,56,59,64-67,69-71,73,75-77,79-80H,4-7,9-10,12-16,18-19,21-25,27,29-37,39,41-44,46-47,49-55,57-58,60-63H2,1-3H3,(H,74,81)/b11-8-,20-17-,28-26-,40-38-,48-45-,59-56+. The Morgan fingerprint density at radius 2 is 0.857 bits per heavy atom. The van der Waals surface area contributed by atoms with Gasteiger partial charge in [0.2, 0.25) is 5.91 Å². The predicted octanol–water partition coefficient (Wildman–Crippen LogP) is 17.9. The fourth-order valence-electron chi connectivity index (χ4n) is 10.9. The minimum absolute atomic E-state index is 0.121. The largest absolute Gasteiger partial charge is 0.454 e. The van der Waals surface area contributed by atoms with Gasteiger partial charge in [0.05, 0.1) is 25.4 Å². The zero-order valence-corrected chi connectivity index (χ0v) is 54.3. The van der Waals surface area contributed by atoms with E-state index >= 15 is 0 Å². The lowest BCUT2D eigenvalue weighted by atomic mass is 9.99. The minimum atomic E-state index is -1.62. The molecule has 0 aromatic rings. The first-order chi connectivity index (χ1) is 41.2. The van der Waals surface area contributed by atoms with Crippen molar-refractivity contribution in [3.8, 4) is 0 Å². The zero-order valence-electron chi connectivity index (χ0n) is 54.3. The smallest absolute Gasteiger partial charge is 0.306 e. The van der Waals surface area contributed by atoms with Gasteiger partial charge in [-0.15, -0.1) is 0 Å². The Balaban J connectivity index is 2.58. The Hall–Kier alpha value is -2.90. The maximum absolute atomic E-state index is 13.4. The number of carbonyl (C=O) groups is 2. The molecule has 0 aliphatic carbocycles. The fraction of sp³-hybridized carbons (Fsp3) is 0.808. The summed E-state index contributed by atoms with van der Waals surface area (Å²) in [6.45, 7) is 5.69. The first-order valence-corrected chi connectivity index (χ1v) is 35.2. The van der Waals surface area contributed by atoms with Gasteiger partial charge in [0, 0.05) is 6.42 Å². The van der Waals surface area contributed by atoms with Crippen molar-refractivity contribution >= 4 is 11.9 Å². The van der Waals surface area contributed by atoms with Crippen molar-refractivity contribution in [3.63, 3.8) is 0 Å². The third-order valence-corrected chi connectivity index (χ3v) is 16.4. The van der Waals surface area contributed by atoms with Crippen LogP contribution in [0.25, 0.3) is 0 Å². The second-order valence-electron chi connectivity index (χ2n) is 24.2. The molecular weight excluding hydrogens is 1050 g/mol. The molecular formula is C73H131NO10. The molecule has 1 fully saturated rings. The van der Waals surface area contributed by atoms with Crippen LogP contribution >= 0.6 is 0 Å². The van der Waals surface area contributed by atoms with E-state index in [1.165, 1.54) is 186 Å². The van der Waals surface area contributed by atoms with Gasteiger partial charge in [-0.05, 0) is 70.6 Å². The Bertz CT molecular complexity index is 1640. The van der Waals surface area contributed by atoms with E-state index in [-0.39, 0.29) is 19.4 Å². The molecule has 0 saturated carbocycles. The summed E-state index contributed by atoms with van der Waals surface area (Å²) < 4.78 is 17.7. The molecule has 0 spiro atoms. The molecule has 1 aliphatic rings. The normalized spacial score (nSPS) is 18.9. The highest BCUT2D eigenvalue weighted by atomic mass is 16.7. The molecule has 8 atom stereocenters. The van der Waals surface area contributed by atoms with Gasteiger partial charge in [-0.25, -0.2) is 0 Å². The third kappa shape index (κ3) is 47.2. The van der Waals surface area contributed by atoms with Crippen LogP contribution < -0.4 is 5.32 Å². The summed E-state index contributed by atoms with van der Waals surface area (Å²) in [7, 11) is 0. The molecule has 6 N–H and O–H groups in total. The van der Waals surface area contributed by atoms with E-state index in [1.54, 1.807) is 6.08 Å². The quantitative estimate of drug-likeness (QED) is 0.0195. The average Bonchev–Trinajstić information content (AvgIpc) is 3.67. The Morgan fingerprint density at radius 3 is 1.29 bits per heavy atom. The molecule has 0 radical (unpaired) electrons. The number of aliphatic hydroxyl groups excluding tert-OH is 5. The number of hydrogen-bond acceptors (Lipinski definition) is 10. The number of carbonyl (C=O) groups excluding carboxylic acids is 2. The zero-order chi connectivity index (χ0) is 61.0. The maximum atomic E-state index is 13.4. The first-order valence-electron chi connectivity index (χ1n) is 35.2. The third-order valence-electron chi connectivity index (χ3n) is 16.4. The SMILES string of the molecule is CC/C=C\C/C=C\C/C=C\C/C=C\C/C=C\CCCCC(O)C(=O)NC(COC1OC(CO)C(O)C(O)C1OC(=O)CCCCCCCCCCCCCCCCCCCCCCCCCCC)C(O)/C=C/CCCCCCCCCCCC. The van der Waals surface area contributed by atoms with Crippen LogP contribution in [0.2, 0.25) is 0 Å². The molecule has 1 amide bonds. The number of esters is 1. The van der Waals surface area contributed by atoms with E-state index in [1.807, 2.05) is 6.08 Å². The Labute approximate surface area is 515 Å². The summed E-state index contributed by atoms with van der Waals surface area (Å²) >= 11 is 0. The predicted molar refractivity (Wildman–Crippen MR) is 352 cm³/mol. The van der Waals surface area contributed by atoms with E-state index < -0.39 is 67.4 Å². The summed E-state index contributed by atoms with van der Waals surface area (Å²) in [4.78, 5) is 26.6. The van der Waals surface area contributed by atoms with Crippen LogP contribution in [-0.2, 0) is 23.8 Å². The maximum Gasteiger partial charge on any atom is 0.306 e. The van der Waals surface area contributed by atoms with E-state index in [4.69, 9.17) is 14.2 Å². The van der Waals surface area contributed by atoms with Gasteiger partial charge in [-0.1, -0.05) is 312 Å². The van der Waals surface area contributed by atoms with Gasteiger partial charge in [0.15, 0.2) is 12.4 Å². The highest BCUT2D eigenvalue weighted by Gasteiger charge is 2.47. The Kier molecular flexibility index (Phi) is 56.9. The minimum Gasteiger partial charge on any atom is -0.454 e. The van der Waals surface area contributed by atoms with Crippen LogP contribution in [0.1, 0.15) is 316 Å². The Morgan fingerprint density at radius 1 is 0.476 bits per heavy atom.